The summed E-state index contributed by atoms with van der Waals surface area (Å²) in [7, 11) is 0. The van der Waals surface area contributed by atoms with Gasteiger partial charge in [-0.15, -0.1) is 0 Å². The van der Waals surface area contributed by atoms with E-state index in [1.165, 1.54) is 18.4 Å². The number of rotatable bonds is 2. The van der Waals surface area contributed by atoms with E-state index in [1.807, 2.05) is 6.07 Å². The second-order valence-corrected chi connectivity index (χ2v) is 9.85. The van der Waals surface area contributed by atoms with E-state index in [0.717, 1.165) is 47.8 Å². The van der Waals surface area contributed by atoms with Crippen LogP contribution in [0.3, 0.4) is 0 Å². The molecule has 7 nitrogen and oxygen atoms in total. The minimum atomic E-state index is -1.84. The maximum absolute atomic E-state index is 13.6. The number of aliphatic hydroxyl groups is 1. The second kappa shape index (κ2) is 7.67. The number of hydrogen-bond donors (Lipinski definition) is 2. The van der Waals surface area contributed by atoms with Crippen LogP contribution in [-0.4, -0.2) is 25.7 Å². The second-order valence-electron chi connectivity index (χ2n) is 9.85. The number of aromatic hydroxyl groups is 1. The highest BCUT2D eigenvalue weighted by Gasteiger charge is 2.45. The van der Waals surface area contributed by atoms with Crippen LogP contribution in [0.25, 0.3) is 22.3 Å². The van der Waals surface area contributed by atoms with Crippen LogP contribution in [-0.2, 0) is 28.3 Å². The number of aromatic nitrogens is 2. The lowest BCUT2D eigenvalue weighted by Crippen LogP contribution is -2.44. The lowest BCUT2D eigenvalue weighted by Gasteiger charge is -2.31. The van der Waals surface area contributed by atoms with Gasteiger partial charge >= 0.3 is 5.97 Å². The number of pyridine rings is 2. The minimum absolute atomic E-state index is 0.117. The van der Waals surface area contributed by atoms with Gasteiger partial charge in [-0.3, -0.25) is 4.79 Å². The van der Waals surface area contributed by atoms with E-state index in [0.29, 0.717) is 29.3 Å². The van der Waals surface area contributed by atoms with Crippen molar-refractivity contribution >= 4 is 16.9 Å². The van der Waals surface area contributed by atoms with Gasteiger partial charge in [0.25, 0.3) is 5.56 Å². The smallest absolute Gasteiger partial charge is 0.343 e. The van der Waals surface area contributed by atoms with Crippen molar-refractivity contribution in [3.05, 3.63) is 56.9 Å². The molecule has 1 saturated carbocycles. The Morgan fingerprint density at radius 1 is 1.12 bits per heavy atom. The van der Waals surface area contributed by atoms with Crippen LogP contribution < -0.4 is 5.56 Å². The minimum Gasteiger partial charge on any atom is -0.508 e. The first-order chi connectivity index (χ1) is 16.4. The molecule has 1 aliphatic carbocycles. The molecule has 6 rings (SSSR count). The van der Waals surface area contributed by atoms with Crippen LogP contribution >= 0.6 is 0 Å². The molecular weight excluding hydrogens is 432 g/mol. The molecule has 2 aromatic heterocycles. The van der Waals surface area contributed by atoms with Gasteiger partial charge < -0.3 is 19.5 Å². The molecule has 176 valence electrons. The van der Waals surface area contributed by atoms with Gasteiger partial charge in [0.15, 0.2) is 5.60 Å². The molecule has 3 aromatic rings. The van der Waals surface area contributed by atoms with Crippen molar-refractivity contribution in [3.8, 4) is 17.1 Å². The van der Waals surface area contributed by atoms with E-state index in [4.69, 9.17) is 9.72 Å². The zero-order valence-electron chi connectivity index (χ0n) is 19.3. The van der Waals surface area contributed by atoms with Crippen molar-refractivity contribution < 1.29 is 19.7 Å². The number of phenolic OH excluding ortho intramolecular Hbond substituents is 1. The zero-order valence-corrected chi connectivity index (χ0v) is 19.3. The fourth-order valence-electron chi connectivity index (χ4n) is 6.13. The van der Waals surface area contributed by atoms with Crippen molar-refractivity contribution in [2.24, 2.45) is 0 Å². The molecule has 0 saturated heterocycles. The molecule has 0 amide bonds. The molecule has 1 fully saturated rings. The molecule has 2 aliphatic heterocycles. The molecule has 0 bridgehead atoms. The largest absolute Gasteiger partial charge is 0.508 e. The van der Waals surface area contributed by atoms with Gasteiger partial charge in [-0.2, -0.15) is 0 Å². The Labute approximate surface area is 197 Å². The normalized spacial score (nSPS) is 22.1. The Morgan fingerprint density at radius 2 is 1.88 bits per heavy atom. The Balaban J connectivity index is 1.63. The summed E-state index contributed by atoms with van der Waals surface area (Å²) in [5, 5.41) is 22.3. The topological polar surface area (TPSA) is 102 Å². The molecular formula is C27H28N2O5. The zero-order chi connectivity index (χ0) is 23.6. The number of ether oxygens (including phenoxy) is 1. The van der Waals surface area contributed by atoms with E-state index in [2.05, 4.69) is 0 Å². The third-order valence-electron chi connectivity index (χ3n) is 7.98. The van der Waals surface area contributed by atoms with Crippen LogP contribution in [0.5, 0.6) is 5.75 Å². The van der Waals surface area contributed by atoms with Gasteiger partial charge in [0, 0.05) is 16.5 Å². The van der Waals surface area contributed by atoms with Crippen molar-refractivity contribution in [2.45, 2.75) is 76.5 Å². The molecule has 1 atom stereocenters. The molecule has 0 radical (unpaired) electrons. The Morgan fingerprint density at radius 3 is 2.62 bits per heavy atom. The van der Waals surface area contributed by atoms with E-state index in [1.54, 1.807) is 29.7 Å². The molecule has 1 aromatic carbocycles. The number of benzene rings is 1. The average molecular weight is 461 g/mol. The Bertz CT molecular complexity index is 1400. The number of hydrogen-bond acceptors (Lipinski definition) is 6. The van der Waals surface area contributed by atoms with Crippen LogP contribution in [0.2, 0.25) is 0 Å². The van der Waals surface area contributed by atoms with Crippen LogP contribution in [0.15, 0.2) is 29.1 Å². The molecule has 7 heteroatoms. The summed E-state index contributed by atoms with van der Waals surface area (Å²) >= 11 is 0. The summed E-state index contributed by atoms with van der Waals surface area (Å²) in [4.78, 5) is 30.9. The maximum Gasteiger partial charge on any atom is 0.343 e. The van der Waals surface area contributed by atoms with Crippen molar-refractivity contribution in [1.82, 2.24) is 9.55 Å². The quantitative estimate of drug-likeness (QED) is 0.343. The lowest BCUT2D eigenvalue weighted by molar-refractivity contribution is -0.172. The van der Waals surface area contributed by atoms with Gasteiger partial charge in [-0.05, 0) is 55.0 Å². The first kappa shape index (κ1) is 21.4. The van der Waals surface area contributed by atoms with Gasteiger partial charge in [-0.1, -0.05) is 32.6 Å². The third kappa shape index (κ3) is 2.96. The fraction of sp³-hybridized carbons (Fsp3) is 0.444. The van der Waals surface area contributed by atoms with Crippen molar-refractivity contribution in [3.63, 3.8) is 0 Å². The molecule has 4 heterocycles. The van der Waals surface area contributed by atoms with E-state index >= 15 is 0 Å². The fourth-order valence-corrected chi connectivity index (χ4v) is 6.13. The van der Waals surface area contributed by atoms with Crippen LogP contribution in [0, 0.1) is 0 Å². The predicted molar refractivity (Wildman–Crippen MR) is 127 cm³/mol. The number of carbonyl (C=O) groups is 1. The first-order valence-electron chi connectivity index (χ1n) is 12.2. The number of phenols is 1. The highest BCUT2D eigenvalue weighted by molar-refractivity contribution is 5.90. The van der Waals surface area contributed by atoms with Gasteiger partial charge in [-0.25, -0.2) is 9.78 Å². The van der Waals surface area contributed by atoms with Crippen molar-refractivity contribution in [1.29, 1.82) is 0 Å². The van der Waals surface area contributed by atoms with Crippen LogP contribution in [0.1, 0.15) is 80.0 Å². The van der Waals surface area contributed by atoms with Crippen molar-refractivity contribution in [2.75, 3.05) is 0 Å². The first-order valence-corrected chi connectivity index (χ1v) is 12.2. The molecule has 3 aliphatic rings. The molecule has 2 N–H and O–H groups in total. The maximum atomic E-state index is 13.6. The number of cyclic esters (lactones) is 1. The van der Waals surface area contributed by atoms with Gasteiger partial charge in [0.1, 0.15) is 12.4 Å². The summed E-state index contributed by atoms with van der Waals surface area (Å²) in [6.07, 6.45) is 7.03. The highest BCUT2D eigenvalue weighted by Crippen LogP contribution is 2.45. The SMILES string of the molecule is CC[C@@]1(O)C(=O)OCc2c1cc1n(c2=O)Cc2c-1nc1ccc(O)cc1c2C1CCCCCC1. The van der Waals surface area contributed by atoms with Crippen LogP contribution in [0.4, 0.5) is 0 Å². The van der Waals surface area contributed by atoms with E-state index in [-0.39, 0.29) is 24.3 Å². The average Bonchev–Trinajstić information content (AvgIpc) is 3.00. The summed E-state index contributed by atoms with van der Waals surface area (Å²) in [6, 6.07) is 7.02. The number of fused-ring (bicyclic) bond motifs is 5. The predicted octanol–water partition coefficient (Wildman–Crippen LogP) is 4.22. The van der Waals surface area contributed by atoms with E-state index < -0.39 is 11.6 Å². The number of nitrogens with zero attached hydrogens (tertiary/aromatic N) is 2. The monoisotopic (exact) mass is 460 g/mol. The molecule has 0 unspecified atom stereocenters. The summed E-state index contributed by atoms with van der Waals surface area (Å²) in [6.45, 7) is 1.96. The Kier molecular flexibility index (Phi) is 4.81. The van der Waals surface area contributed by atoms with Gasteiger partial charge in [0.2, 0.25) is 0 Å². The summed E-state index contributed by atoms with van der Waals surface area (Å²) < 4.78 is 6.89. The Hall–Kier alpha value is -3.19. The number of esters is 1. The number of carbonyl (C=O) groups excluding carboxylic acids is 1. The standard InChI is InChI=1S/C27H28N2O5/c1-2-27(33)20-12-22-24-18(13-29(22)25(31)19(20)14-34-26(27)32)23(15-7-5-3-4-6-8-15)17-11-16(30)9-10-21(17)28-24/h9-12,15,30,33H,2-8,13-14H2,1H3/t27-/m0/s1. The summed E-state index contributed by atoms with van der Waals surface area (Å²) in [5.74, 6) is -0.178. The van der Waals surface area contributed by atoms with E-state index in [9.17, 15) is 19.8 Å². The van der Waals surface area contributed by atoms with Gasteiger partial charge in [0.05, 0.1) is 29.0 Å². The molecule has 34 heavy (non-hydrogen) atoms. The summed E-state index contributed by atoms with van der Waals surface area (Å²) in [5.41, 5.74) is 2.91. The third-order valence-corrected chi connectivity index (χ3v) is 7.98. The molecule has 0 spiro atoms. The highest BCUT2D eigenvalue weighted by atomic mass is 16.6. The lowest BCUT2D eigenvalue weighted by atomic mass is 9.84.